The number of pyridine rings is 1. The summed E-state index contributed by atoms with van der Waals surface area (Å²) in [7, 11) is 0. The van der Waals surface area contributed by atoms with Gasteiger partial charge in [0.1, 0.15) is 17.0 Å². The molecule has 20 heavy (non-hydrogen) atoms. The van der Waals surface area contributed by atoms with E-state index in [1.807, 2.05) is 12.1 Å². The molecular weight excluding hydrogens is 262 g/mol. The summed E-state index contributed by atoms with van der Waals surface area (Å²) in [6.45, 7) is 0. The van der Waals surface area contributed by atoms with Gasteiger partial charge in [-0.3, -0.25) is 9.89 Å². The van der Waals surface area contributed by atoms with Crippen molar-refractivity contribution in [2.75, 3.05) is 5.32 Å². The first-order valence-electron chi connectivity index (χ1n) is 5.67. The van der Waals surface area contributed by atoms with E-state index >= 15 is 0 Å². The maximum atomic E-state index is 12.0. The van der Waals surface area contributed by atoms with Gasteiger partial charge in [-0.1, -0.05) is 6.07 Å². The minimum atomic E-state index is -1.15. The van der Waals surface area contributed by atoms with E-state index < -0.39 is 11.9 Å². The van der Waals surface area contributed by atoms with Crippen molar-refractivity contribution in [3.05, 3.63) is 48.0 Å². The third-order valence-corrected chi connectivity index (χ3v) is 2.65. The number of hydrogen-bond donors (Lipinski definition) is 3. The number of carbonyl (C=O) groups excluding carboxylic acids is 1. The zero-order valence-corrected chi connectivity index (χ0v) is 10.1. The number of aromatic carboxylic acids is 1. The molecule has 3 aromatic heterocycles. The number of carbonyl (C=O) groups is 2. The van der Waals surface area contributed by atoms with E-state index in [1.54, 1.807) is 22.9 Å². The minimum Gasteiger partial charge on any atom is -0.477 e. The summed E-state index contributed by atoms with van der Waals surface area (Å²) in [4.78, 5) is 26.8. The number of aromatic amines is 1. The second-order valence-corrected chi connectivity index (χ2v) is 4.02. The van der Waals surface area contributed by atoms with Crippen LogP contribution < -0.4 is 5.32 Å². The predicted molar refractivity (Wildman–Crippen MR) is 68.7 cm³/mol. The Labute approximate surface area is 112 Å². The zero-order chi connectivity index (χ0) is 14.1. The SMILES string of the molecule is O=C(Nc1cc(C(=O)O)[nH]n1)c1cn2ccccc2n1. The molecule has 0 fully saturated rings. The van der Waals surface area contributed by atoms with Crippen LogP contribution in [0.2, 0.25) is 0 Å². The Morgan fingerprint density at radius 3 is 2.90 bits per heavy atom. The second-order valence-electron chi connectivity index (χ2n) is 4.02. The third kappa shape index (κ3) is 2.09. The number of carboxylic acids is 1. The number of imidazole rings is 1. The van der Waals surface area contributed by atoms with Crippen molar-refractivity contribution in [2.24, 2.45) is 0 Å². The second kappa shape index (κ2) is 4.50. The van der Waals surface area contributed by atoms with Gasteiger partial charge in [0.25, 0.3) is 5.91 Å². The molecule has 0 unspecified atom stereocenters. The van der Waals surface area contributed by atoms with Crippen LogP contribution in [-0.4, -0.2) is 36.6 Å². The molecule has 0 saturated carbocycles. The average molecular weight is 271 g/mol. The van der Waals surface area contributed by atoms with Crippen LogP contribution in [0.3, 0.4) is 0 Å². The number of hydrogen-bond acceptors (Lipinski definition) is 4. The van der Waals surface area contributed by atoms with Crippen LogP contribution >= 0.6 is 0 Å². The molecule has 0 saturated heterocycles. The monoisotopic (exact) mass is 271 g/mol. The van der Waals surface area contributed by atoms with Crippen LogP contribution in [-0.2, 0) is 0 Å². The zero-order valence-electron chi connectivity index (χ0n) is 10.1. The van der Waals surface area contributed by atoms with Gasteiger partial charge in [0.15, 0.2) is 5.82 Å². The van der Waals surface area contributed by atoms with Gasteiger partial charge in [0.05, 0.1) is 0 Å². The van der Waals surface area contributed by atoms with Gasteiger partial charge in [-0.05, 0) is 12.1 Å². The smallest absolute Gasteiger partial charge is 0.353 e. The van der Waals surface area contributed by atoms with Gasteiger partial charge in [-0.25, -0.2) is 9.78 Å². The fraction of sp³-hybridized carbons (Fsp3) is 0. The lowest BCUT2D eigenvalue weighted by Crippen LogP contribution is -2.12. The van der Waals surface area contributed by atoms with E-state index in [2.05, 4.69) is 20.5 Å². The van der Waals surface area contributed by atoms with E-state index in [1.165, 1.54) is 6.07 Å². The number of rotatable bonds is 3. The van der Waals surface area contributed by atoms with E-state index in [-0.39, 0.29) is 17.2 Å². The molecule has 3 aromatic rings. The topological polar surface area (TPSA) is 112 Å². The summed E-state index contributed by atoms with van der Waals surface area (Å²) >= 11 is 0. The molecule has 8 nitrogen and oxygen atoms in total. The van der Waals surface area contributed by atoms with Crippen molar-refractivity contribution in [3.63, 3.8) is 0 Å². The quantitative estimate of drug-likeness (QED) is 0.658. The van der Waals surface area contributed by atoms with Crippen molar-refractivity contribution in [2.45, 2.75) is 0 Å². The summed E-state index contributed by atoms with van der Waals surface area (Å²) in [6, 6.07) is 6.64. The molecule has 0 bridgehead atoms. The van der Waals surface area contributed by atoms with Crippen LogP contribution in [0.25, 0.3) is 5.65 Å². The van der Waals surface area contributed by atoms with Crippen molar-refractivity contribution in [1.29, 1.82) is 0 Å². The Bertz CT molecular complexity index is 771. The Hall–Kier alpha value is -3.16. The van der Waals surface area contributed by atoms with Crippen LogP contribution in [0.15, 0.2) is 36.7 Å². The lowest BCUT2D eigenvalue weighted by atomic mass is 10.4. The molecular formula is C12H9N5O3. The molecule has 1 amide bonds. The van der Waals surface area contributed by atoms with Crippen LogP contribution in [0.5, 0.6) is 0 Å². The molecule has 3 N–H and O–H groups in total. The van der Waals surface area contributed by atoms with Crippen LogP contribution in [0, 0.1) is 0 Å². The first-order chi connectivity index (χ1) is 9.63. The summed E-state index contributed by atoms with van der Waals surface area (Å²) in [6.07, 6.45) is 3.35. The molecule has 0 aromatic carbocycles. The molecule has 3 heterocycles. The maximum absolute atomic E-state index is 12.0. The van der Waals surface area contributed by atoms with Crippen LogP contribution in [0.1, 0.15) is 21.0 Å². The highest BCUT2D eigenvalue weighted by atomic mass is 16.4. The van der Waals surface area contributed by atoms with Crippen LogP contribution in [0.4, 0.5) is 5.82 Å². The molecule has 3 rings (SSSR count). The van der Waals surface area contributed by atoms with Gasteiger partial charge >= 0.3 is 5.97 Å². The molecule has 0 aliphatic rings. The number of nitrogens with one attached hydrogen (secondary N) is 2. The first-order valence-corrected chi connectivity index (χ1v) is 5.67. The summed E-state index contributed by atoms with van der Waals surface area (Å²) in [5.41, 5.74) is 0.761. The summed E-state index contributed by atoms with van der Waals surface area (Å²) in [5, 5.41) is 17.2. The van der Waals surface area contributed by atoms with Gasteiger partial charge in [-0.15, -0.1) is 0 Å². The molecule has 0 atom stereocenters. The standard InChI is InChI=1S/C12H9N5O3/c18-11(14-9-5-7(12(19)20)15-16-9)8-6-17-4-2-1-3-10(17)13-8/h1-6H,(H,19,20)(H2,14,15,16,18). The fourth-order valence-corrected chi connectivity index (χ4v) is 1.72. The highest BCUT2D eigenvalue weighted by Gasteiger charge is 2.14. The number of anilines is 1. The number of carboxylic acid groups (broad SMARTS) is 1. The van der Waals surface area contributed by atoms with Gasteiger partial charge < -0.3 is 14.8 Å². The minimum absolute atomic E-state index is 0.102. The first kappa shape index (κ1) is 11.9. The third-order valence-electron chi connectivity index (χ3n) is 2.65. The Kier molecular flexibility index (Phi) is 2.68. The van der Waals surface area contributed by atoms with E-state index in [0.29, 0.717) is 5.65 Å². The Balaban J connectivity index is 1.83. The van der Waals surface area contributed by atoms with E-state index in [0.717, 1.165) is 0 Å². The van der Waals surface area contributed by atoms with Gasteiger partial charge in [0.2, 0.25) is 0 Å². The average Bonchev–Trinajstić information content (AvgIpc) is 3.04. The van der Waals surface area contributed by atoms with E-state index in [4.69, 9.17) is 5.11 Å². The van der Waals surface area contributed by atoms with Crippen molar-refractivity contribution >= 4 is 23.3 Å². The number of nitrogens with zero attached hydrogens (tertiary/aromatic N) is 3. The lowest BCUT2D eigenvalue weighted by molar-refractivity contribution is 0.0690. The number of amides is 1. The Morgan fingerprint density at radius 1 is 1.35 bits per heavy atom. The number of fused-ring (bicyclic) bond motifs is 1. The van der Waals surface area contributed by atoms with E-state index in [9.17, 15) is 9.59 Å². The molecule has 0 aliphatic carbocycles. The predicted octanol–water partition coefficient (Wildman–Crippen LogP) is 1.01. The van der Waals surface area contributed by atoms with Crippen molar-refractivity contribution in [3.8, 4) is 0 Å². The number of aromatic nitrogens is 4. The largest absolute Gasteiger partial charge is 0.477 e. The molecule has 8 heteroatoms. The molecule has 0 radical (unpaired) electrons. The van der Waals surface area contributed by atoms with Gasteiger partial charge in [-0.2, -0.15) is 5.10 Å². The normalized spacial score (nSPS) is 10.6. The highest BCUT2D eigenvalue weighted by molar-refractivity contribution is 6.03. The lowest BCUT2D eigenvalue weighted by Gasteiger charge is -1.96. The Morgan fingerprint density at radius 2 is 2.20 bits per heavy atom. The van der Waals surface area contributed by atoms with Crippen molar-refractivity contribution < 1.29 is 14.7 Å². The highest BCUT2D eigenvalue weighted by Crippen LogP contribution is 2.09. The number of H-pyrrole nitrogens is 1. The maximum Gasteiger partial charge on any atom is 0.353 e. The van der Waals surface area contributed by atoms with Gasteiger partial charge in [0, 0.05) is 18.5 Å². The molecule has 100 valence electrons. The fourth-order valence-electron chi connectivity index (χ4n) is 1.72. The van der Waals surface area contributed by atoms with Crippen molar-refractivity contribution in [1.82, 2.24) is 19.6 Å². The summed E-state index contributed by atoms with van der Waals surface area (Å²) < 4.78 is 1.71. The summed E-state index contributed by atoms with van der Waals surface area (Å²) in [5.74, 6) is -1.48. The molecule has 0 aliphatic heterocycles. The molecule has 0 spiro atoms.